The molecule has 0 radical (unpaired) electrons. The molecular weight excluding hydrogens is 587 g/mol. The van der Waals surface area contributed by atoms with Crippen LogP contribution in [0.25, 0.3) is 11.2 Å². The summed E-state index contributed by atoms with van der Waals surface area (Å²) < 4.78 is 47.8. The number of aromatic amines is 1. The number of hydrogen-bond acceptors (Lipinski definition) is 14. The number of H-pyrrole nitrogens is 1. The number of ether oxygens (including phenoxy) is 2. The number of carbonyl (C=O) groups excluding carboxylic acids is 1. The van der Waals surface area contributed by atoms with Gasteiger partial charge in [-0.05, 0) is 20.8 Å². The number of aromatic nitrogens is 6. The van der Waals surface area contributed by atoms with Crippen molar-refractivity contribution in [2.24, 2.45) is 12.5 Å². The third-order valence-corrected chi connectivity index (χ3v) is 8.50. The molecule has 0 aromatic carbocycles. The summed E-state index contributed by atoms with van der Waals surface area (Å²) in [5, 5.41) is 11.1. The van der Waals surface area contributed by atoms with Gasteiger partial charge in [-0.2, -0.15) is 0 Å². The molecule has 0 bridgehead atoms. The van der Waals surface area contributed by atoms with Gasteiger partial charge in [-0.3, -0.25) is 36.9 Å². The van der Waals surface area contributed by atoms with Crippen molar-refractivity contribution < 1.29 is 81.3 Å². The van der Waals surface area contributed by atoms with Gasteiger partial charge in [-0.1, -0.05) is 4.98 Å². The van der Waals surface area contributed by atoms with Gasteiger partial charge >= 0.3 is 41.2 Å². The topological polar surface area (TPSA) is 253 Å². The van der Waals surface area contributed by atoms with Gasteiger partial charge in [0.1, 0.15) is 12.4 Å². The first-order chi connectivity index (χ1) is 18.0. The molecule has 1 aliphatic rings. The number of nitrogens with one attached hydrogen (secondary N) is 1. The molecular formula is C19H26N7NaO11P2. The first kappa shape index (κ1) is 32.6. The average molecular weight is 613 g/mol. The fourth-order valence-electron chi connectivity index (χ4n) is 3.74. The molecule has 4 heterocycles. The minimum absolute atomic E-state index is 0. The fourth-order valence-corrected chi connectivity index (χ4v) is 6.01. The summed E-state index contributed by atoms with van der Waals surface area (Å²) >= 11 is 0. The second kappa shape index (κ2) is 11.7. The molecule has 2 unspecified atom stereocenters. The summed E-state index contributed by atoms with van der Waals surface area (Å²) in [6.07, 6.45) is -1.70. The zero-order chi connectivity index (χ0) is 28.9. The molecule has 21 heteroatoms. The van der Waals surface area contributed by atoms with Crippen molar-refractivity contribution in [3.05, 3.63) is 35.4 Å². The Morgan fingerprint density at radius 3 is 2.62 bits per heavy atom. The number of rotatable bonds is 8. The van der Waals surface area contributed by atoms with Crippen LogP contribution >= 0.6 is 15.6 Å². The summed E-state index contributed by atoms with van der Waals surface area (Å²) in [5.74, 6) is -0.979. The summed E-state index contributed by atoms with van der Waals surface area (Å²) in [7, 11) is -9.17. The minimum Gasteiger partial charge on any atom is -0.761 e. The van der Waals surface area contributed by atoms with Gasteiger partial charge in [0.2, 0.25) is 19.5 Å². The number of aryl methyl sites for hydroxylation is 1. The van der Waals surface area contributed by atoms with E-state index in [-0.39, 0.29) is 46.7 Å². The van der Waals surface area contributed by atoms with Crippen LogP contribution in [0.5, 0.6) is 0 Å². The number of nitrogens with two attached hydrogens (primary N) is 1. The molecule has 0 aliphatic carbocycles. The van der Waals surface area contributed by atoms with E-state index in [1.807, 2.05) is 0 Å². The van der Waals surface area contributed by atoms with Crippen LogP contribution in [-0.4, -0.2) is 59.9 Å². The number of phosphoric ester groups is 1. The van der Waals surface area contributed by atoms with E-state index in [9.17, 15) is 33.6 Å². The first-order valence-electron chi connectivity index (χ1n) is 11.3. The maximum Gasteiger partial charge on any atom is 1.00 e. The number of aliphatic hydroxyl groups excluding tert-OH is 1. The van der Waals surface area contributed by atoms with Gasteiger partial charge in [0.25, 0.3) is 19.3 Å². The molecule has 40 heavy (non-hydrogen) atoms. The third-order valence-electron chi connectivity index (χ3n) is 5.60. The van der Waals surface area contributed by atoms with Crippen molar-refractivity contribution in [1.82, 2.24) is 23.9 Å². The third kappa shape index (κ3) is 6.74. The van der Waals surface area contributed by atoms with Crippen LogP contribution in [0.2, 0.25) is 0 Å². The predicted octanol–water partition coefficient (Wildman–Crippen LogP) is -4.93. The Bertz CT molecular complexity index is 1540. The smallest absolute Gasteiger partial charge is 0.761 e. The SMILES string of the molecule is Cn1c[n+]([C@@H]2O[C@H](COP(=O)([O-])OP(=O)([O-])n3ccnc3)[C@@H](OC(=O)C(C)(C)C)[C@H]2O)c2nc(N)[nH]c(=O)c21.[Na+]. The quantitative estimate of drug-likeness (QED) is 0.0932. The molecule has 18 nitrogen and oxygen atoms in total. The van der Waals surface area contributed by atoms with Crippen molar-refractivity contribution in [1.29, 1.82) is 0 Å². The largest absolute Gasteiger partial charge is 1.00 e. The summed E-state index contributed by atoms with van der Waals surface area (Å²) in [6.45, 7) is 3.75. The number of carbonyl (C=O) groups is 1. The van der Waals surface area contributed by atoms with Crippen molar-refractivity contribution in [3.63, 3.8) is 0 Å². The standard InChI is InChI=1S/C19H27N7O11P2.Na/c1-19(2,3)17(29)36-13-10(7-34-39(32,33)37-38(30,31)25-6-5-21-8-25)35-16(12(13)27)26-9-24(4)11-14(26)22-18(20)23-15(11)28;/h5-6,8-10,12-13,16,27H,7H2,1-4H3,(H4-,20,22,23,28,30,31,32,33);/q;+1/p-1/t10-,12-,13-,16-;/m1./s1. The van der Waals surface area contributed by atoms with E-state index in [1.165, 1.54) is 22.5 Å². The second-order valence-corrected chi connectivity index (χ2v) is 12.9. The van der Waals surface area contributed by atoms with Crippen LogP contribution in [0.3, 0.4) is 0 Å². The van der Waals surface area contributed by atoms with Crippen LogP contribution in [0.1, 0.15) is 27.0 Å². The maximum absolute atomic E-state index is 12.6. The van der Waals surface area contributed by atoms with E-state index in [0.717, 1.165) is 18.7 Å². The van der Waals surface area contributed by atoms with Crippen LogP contribution in [-0.2, 0) is 39.3 Å². The molecule has 4 N–H and O–H groups in total. The number of phosphoric acid groups is 1. The van der Waals surface area contributed by atoms with E-state index >= 15 is 0 Å². The predicted molar refractivity (Wildman–Crippen MR) is 125 cm³/mol. The van der Waals surface area contributed by atoms with Crippen LogP contribution < -0.4 is 55.2 Å². The van der Waals surface area contributed by atoms with Gasteiger partial charge in [0, 0.05) is 12.4 Å². The molecule has 0 amide bonds. The Hall–Kier alpha value is -1.95. The molecule has 3 aromatic rings. The number of esters is 1. The van der Waals surface area contributed by atoms with E-state index in [2.05, 4.69) is 19.3 Å². The molecule has 0 spiro atoms. The minimum atomic E-state index is -5.52. The monoisotopic (exact) mass is 613 g/mol. The normalized spacial score (nSPS) is 24.3. The van der Waals surface area contributed by atoms with Crippen molar-refractivity contribution in [2.75, 3.05) is 12.3 Å². The molecule has 1 fully saturated rings. The average Bonchev–Trinajstić information content (AvgIpc) is 3.51. The van der Waals surface area contributed by atoms with Crippen molar-refractivity contribution >= 4 is 38.7 Å². The summed E-state index contributed by atoms with van der Waals surface area (Å²) in [4.78, 5) is 59.5. The number of hydrogen-bond donors (Lipinski definition) is 3. The molecule has 0 saturated carbocycles. The summed E-state index contributed by atoms with van der Waals surface area (Å²) in [6, 6.07) is 0. The van der Waals surface area contributed by atoms with Crippen LogP contribution in [0.4, 0.5) is 5.95 Å². The molecule has 4 rings (SSSR count). The van der Waals surface area contributed by atoms with E-state index in [1.54, 1.807) is 20.8 Å². The molecule has 214 valence electrons. The van der Waals surface area contributed by atoms with Crippen molar-refractivity contribution in [3.8, 4) is 0 Å². The van der Waals surface area contributed by atoms with Crippen molar-refractivity contribution in [2.45, 2.75) is 45.3 Å². The van der Waals surface area contributed by atoms with E-state index in [4.69, 9.17) is 19.7 Å². The molecule has 6 atom stereocenters. The van der Waals surface area contributed by atoms with Gasteiger partial charge in [-0.25, -0.2) is 9.55 Å². The Labute approximate surface area is 248 Å². The zero-order valence-corrected chi connectivity index (χ0v) is 25.9. The fraction of sp³-hybridized carbons (Fsp3) is 0.526. The van der Waals surface area contributed by atoms with Gasteiger partial charge in [-0.15, -0.1) is 0 Å². The number of nitrogen functional groups attached to an aromatic ring is 1. The number of fused-ring (bicyclic) bond motifs is 1. The number of aliphatic hydroxyl groups is 1. The Balaban J connectivity index is 0.00000441. The maximum atomic E-state index is 12.6. The van der Waals surface area contributed by atoms with Gasteiger partial charge < -0.3 is 34.6 Å². The zero-order valence-electron chi connectivity index (χ0n) is 22.1. The second-order valence-electron chi connectivity index (χ2n) is 9.67. The molecule has 3 aromatic heterocycles. The van der Waals surface area contributed by atoms with Gasteiger partial charge in [0.15, 0.2) is 18.5 Å². The Morgan fingerprint density at radius 1 is 1.35 bits per heavy atom. The Morgan fingerprint density at radius 2 is 2.02 bits per heavy atom. The van der Waals surface area contributed by atoms with E-state index < -0.39 is 63.7 Å². The first-order valence-corrected chi connectivity index (χ1v) is 14.2. The van der Waals surface area contributed by atoms with Gasteiger partial charge in [0.05, 0.1) is 19.1 Å². The van der Waals surface area contributed by atoms with Crippen LogP contribution in [0, 0.1) is 5.41 Å². The molecule has 1 aliphatic heterocycles. The number of nitrogens with zero attached hydrogens (tertiary/aromatic N) is 5. The van der Waals surface area contributed by atoms with Crippen LogP contribution in [0.15, 0.2) is 29.8 Å². The Kier molecular flexibility index (Phi) is 9.55. The number of anilines is 1. The molecule has 1 saturated heterocycles. The van der Waals surface area contributed by atoms with E-state index in [0.29, 0.717) is 4.34 Å². The number of imidazole rings is 2. The summed E-state index contributed by atoms with van der Waals surface area (Å²) in [5.41, 5.74) is 4.16.